The van der Waals surface area contributed by atoms with Gasteiger partial charge >= 0.3 is 5.97 Å². The van der Waals surface area contributed by atoms with E-state index in [2.05, 4.69) is 0 Å². The fourth-order valence-corrected chi connectivity index (χ4v) is 1.86. The van der Waals surface area contributed by atoms with E-state index in [1.165, 1.54) is 6.07 Å². The molecule has 5 nitrogen and oxygen atoms in total. The zero-order chi connectivity index (χ0) is 14.7. The number of carbonyl (C=O) groups excluding carboxylic acids is 1. The monoisotopic (exact) mass is 273 g/mol. The largest absolute Gasteiger partial charge is 0.491 e. The Labute approximate surface area is 116 Å². The molecule has 0 spiro atoms. The fourth-order valence-electron chi connectivity index (χ4n) is 1.86. The standard InChI is InChI=1S/C15H15NO4/c1-9(14(16)17)8-20-13-11-5-3-2-4-10(11)6-7-12(13)15(18)19/h2-7,9H,8H2,1H3,(H2,16,17)(H,18,19). The summed E-state index contributed by atoms with van der Waals surface area (Å²) in [6, 6.07) is 10.5. The number of hydrogen-bond acceptors (Lipinski definition) is 3. The molecule has 104 valence electrons. The SMILES string of the molecule is CC(COc1c(C(=O)O)ccc2ccccc12)C(N)=O. The van der Waals surface area contributed by atoms with Crippen molar-refractivity contribution in [1.29, 1.82) is 0 Å². The summed E-state index contributed by atoms with van der Waals surface area (Å²) in [5, 5.41) is 10.8. The number of benzene rings is 2. The number of carboxylic acid groups (broad SMARTS) is 1. The number of rotatable bonds is 5. The van der Waals surface area contributed by atoms with Crippen molar-refractivity contribution in [3.63, 3.8) is 0 Å². The van der Waals surface area contributed by atoms with Crippen molar-refractivity contribution in [2.24, 2.45) is 11.7 Å². The summed E-state index contributed by atoms with van der Waals surface area (Å²) in [7, 11) is 0. The van der Waals surface area contributed by atoms with Gasteiger partial charge in [-0.2, -0.15) is 0 Å². The van der Waals surface area contributed by atoms with E-state index < -0.39 is 17.8 Å². The molecule has 0 heterocycles. The van der Waals surface area contributed by atoms with Crippen LogP contribution in [0, 0.1) is 5.92 Å². The number of aromatic carboxylic acids is 1. The van der Waals surface area contributed by atoms with E-state index in [9.17, 15) is 14.7 Å². The zero-order valence-electron chi connectivity index (χ0n) is 11.0. The average Bonchev–Trinajstić information content (AvgIpc) is 2.43. The van der Waals surface area contributed by atoms with Crippen molar-refractivity contribution in [1.82, 2.24) is 0 Å². The van der Waals surface area contributed by atoms with Crippen LogP contribution in [0.3, 0.4) is 0 Å². The van der Waals surface area contributed by atoms with E-state index in [-0.39, 0.29) is 17.9 Å². The third-order valence-corrected chi connectivity index (χ3v) is 3.07. The second-order valence-corrected chi connectivity index (χ2v) is 4.58. The van der Waals surface area contributed by atoms with Crippen LogP contribution in [0.5, 0.6) is 5.75 Å². The molecule has 0 saturated carbocycles. The van der Waals surface area contributed by atoms with Crippen molar-refractivity contribution >= 4 is 22.6 Å². The highest BCUT2D eigenvalue weighted by atomic mass is 16.5. The van der Waals surface area contributed by atoms with E-state index >= 15 is 0 Å². The normalized spacial score (nSPS) is 12.1. The Bertz CT molecular complexity index is 666. The van der Waals surface area contributed by atoms with Crippen LogP contribution in [-0.4, -0.2) is 23.6 Å². The third-order valence-electron chi connectivity index (χ3n) is 3.07. The summed E-state index contributed by atoms with van der Waals surface area (Å²) in [6.45, 7) is 1.68. The number of hydrogen-bond donors (Lipinski definition) is 2. The van der Waals surface area contributed by atoms with Crippen LogP contribution in [-0.2, 0) is 4.79 Å². The molecule has 0 fully saturated rings. The number of carbonyl (C=O) groups is 2. The van der Waals surface area contributed by atoms with Crippen molar-refractivity contribution in [3.05, 3.63) is 42.0 Å². The van der Waals surface area contributed by atoms with E-state index in [4.69, 9.17) is 10.5 Å². The molecule has 5 heteroatoms. The number of amides is 1. The Morgan fingerprint density at radius 1 is 1.25 bits per heavy atom. The molecule has 20 heavy (non-hydrogen) atoms. The van der Waals surface area contributed by atoms with Gasteiger partial charge in [-0.15, -0.1) is 0 Å². The Balaban J connectivity index is 2.44. The van der Waals surface area contributed by atoms with Crippen molar-refractivity contribution < 1.29 is 19.4 Å². The Hall–Kier alpha value is -2.56. The smallest absolute Gasteiger partial charge is 0.339 e. The molecule has 0 saturated heterocycles. The lowest BCUT2D eigenvalue weighted by Crippen LogP contribution is -2.26. The first kappa shape index (κ1) is 13.9. The van der Waals surface area contributed by atoms with Gasteiger partial charge < -0.3 is 15.6 Å². The van der Waals surface area contributed by atoms with Crippen molar-refractivity contribution in [2.45, 2.75) is 6.92 Å². The number of fused-ring (bicyclic) bond motifs is 1. The van der Waals surface area contributed by atoms with E-state index in [1.54, 1.807) is 25.1 Å². The molecule has 0 aromatic heterocycles. The van der Waals surface area contributed by atoms with E-state index in [0.717, 1.165) is 5.39 Å². The number of nitrogens with two attached hydrogens (primary N) is 1. The topological polar surface area (TPSA) is 89.6 Å². The lowest BCUT2D eigenvalue weighted by atomic mass is 10.1. The molecule has 1 unspecified atom stereocenters. The number of primary amides is 1. The first-order valence-electron chi connectivity index (χ1n) is 6.18. The molecule has 2 aromatic carbocycles. The van der Waals surface area contributed by atoms with Gasteiger partial charge in [0, 0.05) is 5.39 Å². The summed E-state index contributed by atoms with van der Waals surface area (Å²) in [4.78, 5) is 22.3. The lowest BCUT2D eigenvalue weighted by molar-refractivity contribution is -0.122. The first-order chi connectivity index (χ1) is 9.50. The second-order valence-electron chi connectivity index (χ2n) is 4.58. The van der Waals surface area contributed by atoms with Gasteiger partial charge in [-0.25, -0.2) is 4.79 Å². The molecular formula is C15H15NO4. The molecule has 0 aliphatic carbocycles. The summed E-state index contributed by atoms with van der Waals surface area (Å²) in [5.74, 6) is -1.78. The van der Waals surface area contributed by atoms with Crippen LogP contribution in [0.4, 0.5) is 0 Å². The van der Waals surface area contributed by atoms with Gasteiger partial charge in [0.1, 0.15) is 11.3 Å². The van der Waals surface area contributed by atoms with Crippen LogP contribution in [0.15, 0.2) is 36.4 Å². The van der Waals surface area contributed by atoms with E-state index in [0.29, 0.717) is 5.39 Å². The average molecular weight is 273 g/mol. The molecule has 0 aliphatic rings. The number of carboxylic acids is 1. The number of ether oxygens (including phenoxy) is 1. The van der Waals surface area contributed by atoms with Gasteiger partial charge in [-0.3, -0.25) is 4.79 Å². The maximum absolute atomic E-state index is 11.3. The van der Waals surface area contributed by atoms with Gasteiger partial charge in [0.25, 0.3) is 0 Å². The summed E-state index contributed by atoms with van der Waals surface area (Å²) < 4.78 is 5.55. The van der Waals surface area contributed by atoms with Gasteiger partial charge in [0.15, 0.2) is 0 Å². The predicted molar refractivity (Wildman–Crippen MR) is 74.8 cm³/mol. The van der Waals surface area contributed by atoms with Crippen LogP contribution >= 0.6 is 0 Å². The van der Waals surface area contributed by atoms with Crippen molar-refractivity contribution in [2.75, 3.05) is 6.61 Å². The molecule has 0 radical (unpaired) electrons. The van der Waals surface area contributed by atoms with Crippen LogP contribution in [0.2, 0.25) is 0 Å². The Morgan fingerprint density at radius 3 is 2.60 bits per heavy atom. The maximum Gasteiger partial charge on any atom is 0.339 e. The van der Waals surface area contributed by atoms with Crippen LogP contribution in [0.25, 0.3) is 10.8 Å². The Kier molecular flexibility index (Phi) is 3.89. The zero-order valence-corrected chi connectivity index (χ0v) is 11.0. The van der Waals surface area contributed by atoms with Gasteiger partial charge in [-0.05, 0) is 11.5 Å². The summed E-state index contributed by atoms with van der Waals surface area (Å²) >= 11 is 0. The van der Waals surface area contributed by atoms with Crippen molar-refractivity contribution in [3.8, 4) is 5.75 Å². The minimum Gasteiger partial charge on any atom is -0.491 e. The molecule has 1 atom stereocenters. The second kappa shape index (κ2) is 5.61. The van der Waals surface area contributed by atoms with Crippen LogP contribution < -0.4 is 10.5 Å². The highest BCUT2D eigenvalue weighted by Crippen LogP contribution is 2.30. The molecule has 3 N–H and O–H groups in total. The molecule has 0 bridgehead atoms. The predicted octanol–water partition coefficient (Wildman–Crippen LogP) is 2.04. The van der Waals surface area contributed by atoms with E-state index in [1.807, 2.05) is 12.1 Å². The Morgan fingerprint density at radius 2 is 1.95 bits per heavy atom. The maximum atomic E-state index is 11.3. The molecular weight excluding hydrogens is 258 g/mol. The van der Waals surface area contributed by atoms with Crippen LogP contribution in [0.1, 0.15) is 17.3 Å². The van der Waals surface area contributed by atoms with Gasteiger partial charge in [-0.1, -0.05) is 37.3 Å². The molecule has 0 aliphatic heterocycles. The highest BCUT2D eigenvalue weighted by Gasteiger charge is 2.17. The third kappa shape index (κ3) is 2.71. The first-order valence-corrected chi connectivity index (χ1v) is 6.18. The summed E-state index contributed by atoms with van der Waals surface area (Å²) in [6.07, 6.45) is 0. The van der Waals surface area contributed by atoms with Gasteiger partial charge in [0.2, 0.25) is 5.91 Å². The lowest BCUT2D eigenvalue weighted by Gasteiger charge is -2.14. The fraction of sp³-hybridized carbons (Fsp3) is 0.200. The molecule has 2 rings (SSSR count). The minimum atomic E-state index is -1.07. The summed E-state index contributed by atoms with van der Waals surface area (Å²) in [5.41, 5.74) is 5.25. The highest BCUT2D eigenvalue weighted by molar-refractivity contribution is 6.00. The minimum absolute atomic E-state index is 0.0453. The molecule has 1 amide bonds. The van der Waals surface area contributed by atoms with Gasteiger partial charge in [0.05, 0.1) is 12.5 Å². The quantitative estimate of drug-likeness (QED) is 0.872. The molecule has 2 aromatic rings.